The van der Waals surface area contributed by atoms with Crippen molar-refractivity contribution in [2.45, 2.75) is 23.9 Å². The number of carbonyl (C=O) groups excluding carboxylic acids is 2. The number of alkyl halides is 6. The number of nitrogens with zero attached hydrogens (tertiary/aromatic N) is 2. The highest BCUT2D eigenvalue weighted by molar-refractivity contribution is 6.00. The first kappa shape index (κ1) is 31.5. The standard InChI is InChI=1S/C30H23F7N4O4/c1-44-22-8-16(6-15-7-17(26(33)34)10-39-23(15)22)27(42)40-11-20(30(35,36)37)21-9-19-25(45-13-29(19,12-31)28(38)43)24(41-21)14-2-4-18(32)5-3-14/h2-10,20,26H,11-13H2,1H3,(H2,38,43)(H,40,42)/t20-,29+/m1/s1. The molecule has 2 atom stereocenters. The van der Waals surface area contributed by atoms with E-state index in [1.807, 2.05) is 0 Å². The number of methoxy groups -OCH3 is 1. The first-order valence-electron chi connectivity index (χ1n) is 13.2. The Morgan fingerprint density at radius 3 is 2.44 bits per heavy atom. The maximum absolute atomic E-state index is 14.5. The van der Waals surface area contributed by atoms with E-state index >= 15 is 0 Å². The van der Waals surface area contributed by atoms with Gasteiger partial charge in [-0.2, -0.15) is 13.2 Å². The van der Waals surface area contributed by atoms with Gasteiger partial charge in [0.2, 0.25) is 5.91 Å². The van der Waals surface area contributed by atoms with Crippen LogP contribution in [0, 0.1) is 5.82 Å². The van der Waals surface area contributed by atoms with Crippen LogP contribution in [0.1, 0.15) is 39.5 Å². The second-order valence-electron chi connectivity index (χ2n) is 10.3. The van der Waals surface area contributed by atoms with Crippen LogP contribution in [0.4, 0.5) is 30.7 Å². The van der Waals surface area contributed by atoms with Gasteiger partial charge in [-0.05, 0) is 48.5 Å². The van der Waals surface area contributed by atoms with Crippen LogP contribution < -0.4 is 20.5 Å². The fraction of sp³-hybridized carbons (Fsp3) is 0.267. The third-order valence-electron chi connectivity index (χ3n) is 7.51. The van der Waals surface area contributed by atoms with Gasteiger partial charge in [-0.15, -0.1) is 0 Å². The fourth-order valence-electron chi connectivity index (χ4n) is 5.01. The Bertz CT molecular complexity index is 1780. The highest BCUT2D eigenvalue weighted by atomic mass is 19.4. The summed E-state index contributed by atoms with van der Waals surface area (Å²) in [5.74, 6) is -5.50. The van der Waals surface area contributed by atoms with Gasteiger partial charge >= 0.3 is 6.18 Å². The molecule has 1 aliphatic rings. The summed E-state index contributed by atoms with van der Waals surface area (Å²) in [6.07, 6.45) is -6.96. The predicted molar refractivity (Wildman–Crippen MR) is 146 cm³/mol. The van der Waals surface area contributed by atoms with Crippen LogP contribution in [-0.4, -0.2) is 54.9 Å². The SMILES string of the molecule is COc1cc(C(=O)NC[C@H](c2cc3c(c(-c4ccc(F)cc4)n2)OC[C@]3(CF)C(N)=O)C(F)(F)F)cc2cc(C(F)F)cnc12. The summed E-state index contributed by atoms with van der Waals surface area (Å²) >= 11 is 0. The Kier molecular flexibility index (Phi) is 8.29. The summed E-state index contributed by atoms with van der Waals surface area (Å²) in [6.45, 7) is -3.07. The van der Waals surface area contributed by atoms with E-state index in [0.717, 1.165) is 30.5 Å². The van der Waals surface area contributed by atoms with Gasteiger partial charge in [-0.1, -0.05) is 0 Å². The van der Waals surface area contributed by atoms with Gasteiger partial charge in [0.1, 0.15) is 53.1 Å². The molecule has 0 unspecified atom stereocenters. The average molecular weight is 637 g/mol. The lowest BCUT2D eigenvalue weighted by Gasteiger charge is -2.24. The van der Waals surface area contributed by atoms with E-state index in [0.29, 0.717) is 0 Å². The van der Waals surface area contributed by atoms with Gasteiger partial charge in [-0.3, -0.25) is 14.6 Å². The minimum atomic E-state index is -5.03. The molecule has 0 fully saturated rings. The third kappa shape index (κ3) is 5.81. The van der Waals surface area contributed by atoms with Crippen molar-refractivity contribution in [1.29, 1.82) is 0 Å². The molecule has 5 rings (SSSR count). The minimum absolute atomic E-state index is 0.0177. The minimum Gasteiger partial charge on any atom is -0.494 e. The number of fused-ring (bicyclic) bond motifs is 2. The second kappa shape index (κ2) is 11.9. The summed E-state index contributed by atoms with van der Waals surface area (Å²) in [5.41, 5.74) is 1.76. The number of benzene rings is 2. The molecule has 45 heavy (non-hydrogen) atoms. The molecule has 0 saturated carbocycles. The van der Waals surface area contributed by atoms with E-state index in [9.17, 15) is 40.3 Å². The molecule has 2 amide bonds. The number of nitrogens with two attached hydrogens (primary N) is 1. The first-order chi connectivity index (χ1) is 21.3. The molecule has 2 aromatic carbocycles. The van der Waals surface area contributed by atoms with Crippen LogP contribution >= 0.6 is 0 Å². The van der Waals surface area contributed by atoms with Crippen LogP contribution in [0.5, 0.6) is 11.5 Å². The number of carbonyl (C=O) groups is 2. The highest BCUT2D eigenvalue weighted by Gasteiger charge is 2.50. The molecule has 15 heteroatoms. The lowest BCUT2D eigenvalue weighted by Crippen LogP contribution is -2.44. The summed E-state index contributed by atoms with van der Waals surface area (Å²) < 4.78 is 109. The molecule has 2 aromatic heterocycles. The molecular formula is C30H23F7N4O4. The second-order valence-corrected chi connectivity index (χ2v) is 10.3. The zero-order valence-electron chi connectivity index (χ0n) is 23.2. The molecular weight excluding hydrogens is 613 g/mol. The molecule has 236 valence electrons. The lowest BCUT2D eigenvalue weighted by atomic mass is 9.81. The smallest absolute Gasteiger partial charge is 0.398 e. The van der Waals surface area contributed by atoms with Gasteiger partial charge in [0, 0.05) is 40.4 Å². The average Bonchev–Trinajstić information content (AvgIpc) is 3.39. The third-order valence-corrected chi connectivity index (χ3v) is 7.51. The molecule has 0 aliphatic carbocycles. The number of amides is 2. The van der Waals surface area contributed by atoms with Gasteiger partial charge < -0.3 is 20.5 Å². The Morgan fingerprint density at radius 1 is 1.13 bits per heavy atom. The maximum Gasteiger partial charge on any atom is 0.398 e. The van der Waals surface area contributed by atoms with Gasteiger partial charge in [-0.25, -0.2) is 22.5 Å². The number of nitrogens with one attached hydrogen (secondary N) is 1. The van der Waals surface area contributed by atoms with Crippen molar-refractivity contribution >= 4 is 22.7 Å². The number of hydrogen-bond donors (Lipinski definition) is 2. The van der Waals surface area contributed by atoms with Crippen LogP contribution in [0.15, 0.2) is 54.7 Å². The van der Waals surface area contributed by atoms with Gasteiger partial charge in [0.05, 0.1) is 12.8 Å². The predicted octanol–water partition coefficient (Wildman–Crippen LogP) is 5.54. The Hall–Kier alpha value is -4.95. The number of pyridine rings is 2. The monoisotopic (exact) mass is 636 g/mol. The molecule has 3 N–H and O–H groups in total. The summed E-state index contributed by atoms with van der Waals surface area (Å²) in [5, 5.41) is 2.27. The quantitative estimate of drug-likeness (QED) is 0.233. The van der Waals surface area contributed by atoms with Crippen molar-refractivity contribution < 1.29 is 49.8 Å². The topological polar surface area (TPSA) is 116 Å². The van der Waals surface area contributed by atoms with E-state index in [1.165, 1.54) is 31.4 Å². The largest absolute Gasteiger partial charge is 0.494 e. The molecule has 0 saturated heterocycles. The van der Waals surface area contributed by atoms with Crippen LogP contribution in [-0.2, 0) is 10.2 Å². The van der Waals surface area contributed by atoms with E-state index in [-0.39, 0.29) is 44.8 Å². The van der Waals surface area contributed by atoms with Crippen molar-refractivity contribution in [1.82, 2.24) is 15.3 Å². The first-order valence-corrected chi connectivity index (χ1v) is 13.2. The summed E-state index contributed by atoms with van der Waals surface area (Å²) in [7, 11) is 1.24. The number of ether oxygens (including phenoxy) is 2. The number of aromatic nitrogens is 2. The van der Waals surface area contributed by atoms with E-state index in [1.54, 1.807) is 0 Å². The van der Waals surface area contributed by atoms with E-state index in [4.69, 9.17) is 15.2 Å². The van der Waals surface area contributed by atoms with Crippen molar-refractivity contribution in [3.05, 3.63) is 82.9 Å². The lowest BCUT2D eigenvalue weighted by molar-refractivity contribution is -0.149. The fourth-order valence-corrected chi connectivity index (χ4v) is 5.01. The molecule has 8 nitrogen and oxygen atoms in total. The van der Waals surface area contributed by atoms with E-state index in [2.05, 4.69) is 15.3 Å². The maximum atomic E-state index is 14.5. The molecule has 0 bridgehead atoms. The summed E-state index contributed by atoms with van der Waals surface area (Å²) in [4.78, 5) is 33.5. The molecule has 0 spiro atoms. The van der Waals surface area contributed by atoms with Crippen LogP contribution in [0.3, 0.4) is 0 Å². The molecule has 0 radical (unpaired) electrons. The zero-order valence-corrected chi connectivity index (χ0v) is 23.2. The number of rotatable bonds is 9. The van der Waals surface area contributed by atoms with Crippen molar-refractivity contribution in [2.75, 3.05) is 26.9 Å². The number of halogens is 7. The number of primary amides is 1. The summed E-state index contributed by atoms with van der Waals surface area (Å²) in [6, 6.07) is 8.80. The van der Waals surface area contributed by atoms with Crippen LogP contribution in [0.25, 0.3) is 22.2 Å². The number of hydrogen-bond acceptors (Lipinski definition) is 6. The molecule has 4 aromatic rings. The normalized spacial score (nSPS) is 16.7. The Balaban J connectivity index is 1.55. The molecule has 1 aliphatic heterocycles. The van der Waals surface area contributed by atoms with E-state index < -0.39 is 72.6 Å². The Labute approximate surface area is 250 Å². The Morgan fingerprint density at radius 2 is 1.84 bits per heavy atom. The van der Waals surface area contributed by atoms with Crippen LogP contribution in [0.2, 0.25) is 0 Å². The zero-order chi connectivity index (χ0) is 32.7. The van der Waals surface area contributed by atoms with Crippen molar-refractivity contribution in [3.8, 4) is 22.8 Å². The van der Waals surface area contributed by atoms with Crippen molar-refractivity contribution in [3.63, 3.8) is 0 Å². The van der Waals surface area contributed by atoms with Gasteiger partial charge in [0.25, 0.3) is 12.3 Å². The van der Waals surface area contributed by atoms with Gasteiger partial charge in [0.15, 0.2) is 0 Å². The highest BCUT2D eigenvalue weighted by Crippen LogP contribution is 2.47. The molecule has 3 heterocycles. The van der Waals surface area contributed by atoms with Crippen molar-refractivity contribution in [2.24, 2.45) is 5.73 Å².